The Labute approximate surface area is 148 Å². The molecule has 4 heteroatoms. The maximum absolute atomic E-state index is 11.9. The van der Waals surface area contributed by atoms with Gasteiger partial charge in [0.15, 0.2) is 0 Å². The number of nitrogens with zero attached hydrogens (tertiary/aromatic N) is 1. The fourth-order valence-electron chi connectivity index (χ4n) is 2.34. The lowest BCUT2D eigenvalue weighted by Crippen LogP contribution is -2.10. The molecule has 0 spiro atoms. The number of hydrogen-bond acceptors (Lipinski definition) is 2. The van der Waals surface area contributed by atoms with Crippen LogP contribution in [-0.4, -0.2) is 12.1 Å². The van der Waals surface area contributed by atoms with E-state index in [0.717, 1.165) is 29.8 Å². The standard InChI is InChI=1S/C20H23ClN2O/c1-2-3-4-5-12-20(24)23-19-11-7-10-18(14-19)22-15-16-8-6-9-17(21)13-16/h6-11,13-15H,2-5,12H2,1H3,(H,23,24). The van der Waals surface area contributed by atoms with E-state index in [4.69, 9.17) is 11.6 Å². The summed E-state index contributed by atoms with van der Waals surface area (Å²) in [7, 11) is 0. The first-order valence-corrected chi connectivity index (χ1v) is 8.74. The molecule has 0 fully saturated rings. The van der Waals surface area contributed by atoms with Gasteiger partial charge in [0.1, 0.15) is 0 Å². The molecule has 2 rings (SSSR count). The molecule has 0 unspecified atom stereocenters. The van der Waals surface area contributed by atoms with Crippen molar-refractivity contribution in [3.8, 4) is 0 Å². The van der Waals surface area contributed by atoms with Crippen molar-refractivity contribution >= 4 is 35.1 Å². The minimum atomic E-state index is 0.0575. The second kappa shape index (κ2) is 9.89. The molecule has 3 nitrogen and oxygen atoms in total. The maximum atomic E-state index is 11.9. The van der Waals surface area contributed by atoms with Crippen LogP contribution in [0, 0.1) is 0 Å². The number of amides is 1. The van der Waals surface area contributed by atoms with Crippen LogP contribution in [0.2, 0.25) is 5.02 Å². The predicted octanol–water partition coefficient (Wildman–Crippen LogP) is 6.00. The summed E-state index contributed by atoms with van der Waals surface area (Å²) in [4.78, 5) is 16.4. The Balaban J connectivity index is 1.92. The van der Waals surface area contributed by atoms with Crippen LogP contribution >= 0.6 is 11.6 Å². The number of rotatable bonds is 8. The zero-order chi connectivity index (χ0) is 17.2. The molecule has 0 aliphatic carbocycles. The average Bonchev–Trinajstić information content (AvgIpc) is 2.57. The van der Waals surface area contributed by atoms with Crippen LogP contribution in [0.4, 0.5) is 11.4 Å². The Bertz CT molecular complexity index is 698. The molecule has 0 heterocycles. The molecule has 126 valence electrons. The van der Waals surface area contributed by atoms with E-state index in [1.54, 1.807) is 6.21 Å². The van der Waals surface area contributed by atoms with Gasteiger partial charge in [-0.25, -0.2) is 0 Å². The van der Waals surface area contributed by atoms with Crippen LogP contribution in [0.1, 0.15) is 44.6 Å². The molecule has 1 amide bonds. The number of nitrogens with one attached hydrogen (secondary N) is 1. The van der Waals surface area contributed by atoms with Gasteiger partial charge in [0.25, 0.3) is 0 Å². The quantitative estimate of drug-likeness (QED) is 0.464. The number of halogens is 1. The van der Waals surface area contributed by atoms with E-state index in [2.05, 4.69) is 17.2 Å². The smallest absolute Gasteiger partial charge is 0.224 e. The minimum Gasteiger partial charge on any atom is -0.326 e. The van der Waals surface area contributed by atoms with Crippen LogP contribution in [0.15, 0.2) is 53.5 Å². The first kappa shape index (κ1) is 18.2. The van der Waals surface area contributed by atoms with Gasteiger partial charge in [0.2, 0.25) is 5.91 Å². The van der Waals surface area contributed by atoms with Gasteiger partial charge >= 0.3 is 0 Å². The highest BCUT2D eigenvalue weighted by Crippen LogP contribution is 2.19. The summed E-state index contributed by atoms with van der Waals surface area (Å²) in [6.07, 6.45) is 6.73. The van der Waals surface area contributed by atoms with Crippen molar-refractivity contribution in [3.05, 3.63) is 59.1 Å². The zero-order valence-electron chi connectivity index (χ0n) is 14.0. The fraction of sp³-hybridized carbons (Fsp3) is 0.300. The van der Waals surface area contributed by atoms with E-state index in [1.165, 1.54) is 12.8 Å². The summed E-state index contributed by atoms with van der Waals surface area (Å²) in [6.45, 7) is 2.16. The first-order chi connectivity index (χ1) is 11.7. The van der Waals surface area contributed by atoms with Crippen molar-refractivity contribution in [1.29, 1.82) is 0 Å². The number of anilines is 1. The Morgan fingerprint density at radius 2 is 1.96 bits per heavy atom. The van der Waals surface area contributed by atoms with E-state index in [1.807, 2.05) is 48.5 Å². The lowest BCUT2D eigenvalue weighted by Gasteiger charge is -2.06. The monoisotopic (exact) mass is 342 g/mol. The van der Waals surface area contributed by atoms with Crippen LogP contribution in [0.3, 0.4) is 0 Å². The van der Waals surface area contributed by atoms with E-state index in [0.29, 0.717) is 11.4 Å². The van der Waals surface area contributed by atoms with Crippen molar-refractivity contribution in [2.45, 2.75) is 39.0 Å². The third-order valence-corrected chi connectivity index (χ3v) is 3.83. The Morgan fingerprint density at radius 1 is 1.12 bits per heavy atom. The second-order valence-electron chi connectivity index (χ2n) is 5.72. The summed E-state index contributed by atoms with van der Waals surface area (Å²) >= 11 is 5.96. The number of aliphatic imine (C=N–C) groups is 1. The van der Waals surface area contributed by atoms with Crippen molar-refractivity contribution < 1.29 is 4.79 Å². The van der Waals surface area contributed by atoms with Crippen molar-refractivity contribution in [1.82, 2.24) is 0 Å². The number of hydrogen-bond donors (Lipinski definition) is 1. The van der Waals surface area contributed by atoms with Crippen molar-refractivity contribution in [3.63, 3.8) is 0 Å². The van der Waals surface area contributed by atoms with Crippen LogP contribution < -0.4 is 5.32 Å². The second-order valence-corrected chi connectivity index (χ2v) is 6.16. The van der Waals surface area contributed by atoms with Gasteiger partial charge in [0, 0.05) is 23.3 Å². The lowest BCUT2D eigenvalue weighted by atomic mass is 10.1. The Kier molecular flexibility index (Phi) is 7.50. The molecule has 0 atom stereocenters. The summed E-state index contributed by atoms with van der Waals surface area (Å²) in [5.74, 6) is 0.0575. The van der Waals surface area contributed by atoms with Gasteiger partial charge in [-0.05, 0) is 42.3 Å². The van der Waals surface area contributed by atoms with Crippen LogP contribution in [0.25, 0.3) is 0 Å². The predicted molar refractivity (Wildman–Crippen MR) is 103 cm³/mol. The first-order valence-electron chi connectivity index (χ1n) is 8.37. The summed E-state index contributed by atoms with van der Waals surface area (Å²) in [6, 6.07) is 15.0. The third kappa shape index (κ3) is 6.55. The molecule has 24 heavy (non-hydrogen) atoms. The molecule has 0 bridgehead atoms. The minimum absolute atomic E-state index is 0.0575. The number of carbonyl (C=O) groups is 1. The van der Waals surface area contributed by atoms with Gasteiger partial charge in [-0.3, -0.25) is 9.79 Å². The topological polar surface area (TPSA) is 41.5 Å². The summed E-state index contributed by atoms with van der Waals surface area (Å²) in [5.41, 5.74) is 2.50. The zero-order valence-corrected chi connectivity index (χ0v) is 14.7. The van der Waals surface area contributed by atoms with E-state index in [9.17, 15) is 4.79 Å². The molecule has 2 aromatic rings. The molecule has 0 saturated carbocycles. The highest BCUT2D eigenvalue weighted by molar-refractivity contribution is 6.30. The third-order valence-electron chi connectivity index (χ3n) is 3.60. The van der Waals surface area contributed by atoms with Gasteiger partial charge in [-0.1, -0.05) is 56.0 Å². The van der Waals surface area contributed by atoms with Crippen molar-refractivity contribution in [2.24, 2.45) is 4.99 Å². The summed E-state index contributed by atoms with van der Waals surface area (Å²) in [5, 5.41) is 3.62. The van der Waals surface area contributed by atoms with Gasteiger partial charge in [0.05, 0.1) is 5.69 Å². The summed E-state index contributed by atoms with van der Waals surface area (Å²) < 4.78 is 0. The molecular weight excluding hydrogens is 320 g/mol. The van der Waals surface area contributed by atoms with Gasteiger partial charge in [-0.2, -0.15) is 0 Å². The van der Waals surface area contributed by atoms with Crippen LogP contribution in [0.5, 0.6) is 0 Å². The number of carbonyl (C=O) groups excluding carboxylic acids is 1. The molecular formula is C20H23ClN2O. The largest absolute Gasteiger partial charge is 0.326 e. The molecule has 1 N–H and O–H groups in total. The maximum Gasteiger partial charge on any atom is 0.224 e. The molecule has 0 saturated heterocycles. The van der Waals surface area contributed by atoms with E-state index < -0.39 is 0 Å². The van der Waals surface area contributed by atoms with E-state index >= 15 is 0 Å². The van der Waals surface area contributed by atoms with Gasteiger partial charge in [-0.15, -0.1) is 0 Å². The molecule has 2 aromatic carbocycles. The SMILES string of the molecule is CCCCCCC(=O)Nc1cccc(N=Cc2cccc(Cl)c2)c1. The normalized spacial score (nSPS) is 10.9. The van der Waals surface area contributed by atoms with Crippen molar-refractivity contribution in [2.75, 3.05) is 5.32 Å². The molecule has 0 aliphatic heterocycles. The van der Waals surface area contributed by atoms with E-state index in [-0.39, 0.29) is 5.91 Å². The lowest BCUT2D eigenvalue weighted by molar-refractivity contribution is -0.116. The highest BCUT2D eigenvalue weighted by atomic mass is 35.5. The number of unbranched alkanes of at least 4 members (excludes halogenated alkanes) is 3. The molecule has 0 radical (unpaired) electrons. The molecule has 0 aromatic heterocycles. The molecule has 0 aliphatic rings. The van der Waals surface area contributed by atoms with Crippen LogP contribution in [-0.2, 0) is 4.79 Å². The highest BCUT2D eigenvalue weighted by Gasteiger charge is 2.02. The number of benzene rings is 2. The Morgan fingerprint density at radius 3 is 2.75 bits per heavy atom. The fourth-order valence-corrected chi connectivity index (χ4v) is 2.53. The average molecular weight is 343 g/mol. The Hall–Kier alpha value is -2.13. The van der Waals surface area contributed by atoms with Gasteiger partial charge < -0.3 is 5.32 Å².